The summed E-state index contributed by atoms with van der Waals surface area (Å²) < 4.78 is 5.94. The lowest BCUT2D eigenvalue weighted by atomic mass is 9.91. The van der Waals surface area contributed by atoms with Crippen molar-refractivity contribution in [3.05, 3.63) is 64.8 Å². The first-order valence-electron chi connectivity index (χ1n) is 8.73. The number of carboxylic acid groups (broad SMARTS) is 1. The fourth-order valence-electron chi connectivity index (χ4n) is 3.18. The van der Waals surface area contributed by atoms with Crippen LogP contribution >= 0.6 is 11.6 Å². The first-order valence-corrected chi connectivity index (χ1v) is 9.11. The topological polar surface area (TPSA) is 59.4 Å². The van der Waals surface area contributed by atoms with Crippen molar-refractivity contribution in [2.75, 3.05) is 0 Å². The summed E-state index contributed by atoms with van der Waals surface area (Å²) in [6.45, 7) is 7.35. The van der Waals surface area contributed by atoms with Gasteiger partial charge in [-0.2, -0.15) is 0 Å². The second-order valence-corrected chi connectivity index (χ2v) is 7.89. The number of halogens is 1. The molecule has 4 nitrogen and oxygen atoms in total. The van der Waals surface area contributed by atoms with E-state index in [9.17, 15) is 9.90 Å². The molecule has 0 amide bonds. The van der Waals surface area contributed by atoms with Crippen molar-refractivity contribution in [1.82, 2.24) is 4.98 Å². The molecule has 3 rings (SSSR count). The number of hydrogen-bond acceptors (Lipinski definition) is 3. The number of ether oxygens (including phenoxy) is 1. The van der Waals surface area contributed by atoms with E-state index in [0.29, 0.717) is 16.3 Å². The number of para-hydroxylation sites is 1. The van der Waals surface area contributed by atoms with Gasteiger partial charge in [-0.05, 0) is 57.0 Å². The molecular weight excluding hydrogens is 362 g/mol. The van der Waals surface area contributed by atoms with Gasteiger partial charge in [0.05, 0.1) is 11.1 Å². The molecule has 140 valence electrons. The number of rotatable bonds is 4. The molecule has 1 heterocycles. The number of carbonyl (C=O) groups is 1. The van der Waals surface area contributed by atoms with E-state index < -0.39 is 17.7 Å². The molecule has 27 heavy (non-hydrogen) atoms. The molecule has 0 spiro atoms. The third-order valence-corrected chi connectivity index (χ3v) is 4.46. The molecule has 1 atom stereocenters. The van der Waals surface area contributed by atoms with Crippen LogP contribution in [0.4, 0.5) is 0 Å². The van der Waals surface area contributed by atoms with Crippen molar-refractivity contribution >= 4 is 28.5 Å². The molecule has 0 aliphatic rings. The van der Waals surface area contributed by atoms with Crippen LogP contribution < -0.4 is 0 Å². The van der Waals surface area contributed by atoms with E-state index in [1.165, 1.54) is 0 Å². The summed E-state index contributed by atoms with van der Waals surface area (Å²) in [5.74, 6) is -1.04. The SMILES string of the molecule is Cc1nc2ccccc2c(-c2ccc(Cl)cc2)c1[C@H](OC(C)(C)C)C(=O)O. The van der Waals surface area contributed by atoms with Gasteiger partial charge in [-0.25, -0.2) is 4.79 Å². The van der Waals surface area contributed by atoms with Crippen molar-refractivity contribution in [1.29, 1.82) is 0 Å². The fraction of sp³-hybridized carbons (Fsp3) is 0.273. The smallest absolute Gasteiger partial charge is 0.337 e. The van der Waals surface area contributed by atoms with Crippen LogP contribution in [0.25, 0.3) is 22.0 Å². The van der Waals surface area contributed by atoms with Crippen molar-refractivity contribution < 1.29 is 14.6 Å². The first-order chi connectivity index (χ1) is 12.7. The number of aliphatic carboxylic acids is 1. The molecule has 5 heteroatoms. The van der Waals surface area contributed by atoms with Gasteiger partial charge in [-0.3, -0.25) is 4.98 Å². The monoisotopic (exact) mass is 383 g/mol. The van der Waals surface area contributed by atoms with E-state index in [2.05, 4.69) is 4.98 Å². The second-order valence-electron chi connectivity index (χ2n) is 7.46. The van der Waals surface area contributed by atoms with E-state index in [0.717, 1.165) is 22.0 Å². The number of pyridine rings is 1. The molecule has 1 aromatic heterocycles. The molecule has 0 radical (unpaired) electrons. The molecule has 0 saturated carbocycles. The lowest BCUT2D eigenvalue weighted by Crippen LogP contribution is -2.28. The van der Waals surface area contributed by atoms with Gasteiger partial charge in [0.15, 0.2) is 6.10 Å². The van der Waals surface area contributed by atoms with Gasteiger partial charge >= 0.3 is 5.97 Å². The Morgan fingerprint density at radius 3 is 2.33 bits per heavy atom. The van der Waals surface area contributed by atoms with Gasteiger partial charge in [0.25, 0.3) is 0 Å². The zero-order chi connectivity index (χ0) is 19.8. The zero-order valence-electron chi connectivity index (χ0n) is 15.8. The first kappa shape index (κ1) is 19.3. The Bertz CT molecular complexity index is 991. The summed E-state index contributed by atoms with van der Waals surface area (Å²) in [5, 5.41) is 11.4. The average molecular weight is 384 g/mol. The minimum absolute atomic E-state index is 0.568. The molecular formula is C22H22ClNO3. The van der Waals surface area contributed by atoms with E-state index in [4.69, 9.17) is 16.3 Å². The van der Waals surface area contributed by atoms with Crippen LogP contribution in [0.2, 0.25) is 5.02 Å². The largest absolute Gasteiger partial charge is 0.479 e. The Morgan fingerprint density at radius 1 is 1.11 bits per heavy atom. The summed E-state index contributed by atoms with van der Waals surface area (Å²) in [4.78, 5) is 16.8. The lowest BCUT2D eigenvalue weighted by molar-refractivity contribution is -0.160. The maximum atomic E-state index is 12.1. The number of hydrogen-bond donors (Lipinski definition) is 1. The Labute approximate surface area is 163 Å². The van der Waals surface area contributed by atoms with Gasteiger partial charge < -0.3 is 9.84 Å². The van der Waals surface area contributed by atoms with Crippen LogP contribution in [0.5, 0.6) is 0 Å². The molecule has 0 aliphatic heterocycles. The summed E-state index contributed by atoms with van der Waals surface area (Å²) in [6.07, 6.45) is -1.13. The predicted octanol–water partition coefficient (Wildman–Crippen LogP) is 5.80. The molecule has 1 N–H and O–H groups in total. The van der Waals surface area contributed by atoms with Crippen molar-refractivity contribution in [2.45, 2.75) is 39.4 Å². The van der Waals surface area contributed by atoms with Crippen molar-refractivity contribution in [3.63, 3.8) is 0 Å². The maximum Gasteiger partial charge on any atom is 0.337 e. The van der Waals surface area contributed by atoms with Crippen LogP contribution in [0.1, 0.15) is 38.1 Å². The van der Waals surface area contributed by atoms with Crippen LogP contribution in [-0.2, 0) is 9.53 Å². The minimum atomic E-state index is -1.13. The Kier molecular flexibility index (Phi) is 5.22. The highest BCUT2D eigenvalue weighted by molar-refractivity contribution is 6.30. The lowest BCUT2D eigenvalue weighted by Gasteiger charge is -2.28. The van der Waals surface area contributed by atoms with Crippen molar-refractivity contribution in [2.24, 2.45) is 0 Å². The Morgan fingerprint density at radius 2 is 1.74 bits per heavy atom. The number of fused-ring (bicyclic) bond motifs is 1. The standard InChI is InChI=1S/C22H22ClNO3/c1-13-18(20(21(25)26)27-22(2,3)4)19(14-9-11-15(23)12-10-14)16-7-5-6-8-17(16)24-13/h5-12,20H,1-4H3,(H,25,26)/t20-/m0/s1. The number of benzene rings is 2. The Balaban J connectivity index is 2.37. The van der Waals surface area contributed by atoms with Crippen LogP contribution in [0, 0.1) is 6.92 Å². The zero-order valence-corrected chi connectivity index (χ0v) is 16.5. The summed E-state index contributed by atoms with van der Waals surface area (Å²) >= 11 is 6.06. The van der Waals surface area contributed by atoms with Crippen LogP contribution in [-0.4, -0.2) is 21.7 Å². The Hall–Kier alpha value is -2.43. The van der Waals surface area contributed by atoms with Crippen LogP contribution in [0.15, 0.2) is 48.5 Å². The average Bonchev–Trinajstić information content (AvgIpc) is 2.59. The minimum Gasteiger partial charge on any atom is -0.479 e. The number of nitrogens with zero attached hydrogens (tertiary/aromatic N) is 1. The third kappa shape index (κ3) is 4.12. The van der Waals surface area contributed by atoms with Crippen molar-refractivity contribution in [3.8, 4) is 11.1 Å². The molecule has 0 bridgehead atoms. The summed E-state index contributed by atoms with van der Waals surface area (Å²) in [5.41, 5.74) is 3.07. The second kappa shape index (κ2) is 7.29. The number of aromatic nitrogens is 1. The van der Waals surface area contributed by atoms with Gasteiger partial charge in [0, 0.05) is 21.7 Å². The molecule has 0 fully saturated rings. The normalized spacial score (nSPS) is 12.9. The molecule has 3 aromatic rings. The van der Waals surface area contributed by atoms with E-state index >= 15 is 0 Å². The number of aryl methyl sites for hydroxylation is 1. The van der Waals surface area contributed by atoms with E-state index in [1.807, 2.05) is 64.1 Å². The van der Waals surface area contributed by atoms with E-state index in [-0.39, 0.29) is 0 Å². The van der Waals surface area contributed by atoms with Gasteiger partial charge in [-0.15, -0.1) is 0 Å². The molecule has 2 aromatic carbocycles. The highest BCUT2D eigenvalue weighted by atomic mass is 35.5. The van der Waals surface area contributed by atoms with E-state index in [1.54, 1.807) is 12.1 Å². The molecule has 0 aliphatic carbocycles. The quantitative estimate of drug-likeness (QED) is 0.618. The van der Waals surface area contributed by atoms with Gasteiger partial charge in [0.2, 0.25) is 0 Å². The van der Waals surface area contributed by atoms with Gasteiger partial charge in [-0.1, -0.05) is 41.9 Å². The summed E-state index contributed by atoms with van der Waals surface area (Å²) in [7, 11) is 0. The predicted molar refractivity (Wildman–Crippen MR) is 108 cm³/mol. The highest BCUT2D eigenvalue weighted by Gasteiger charge is 2.32. The third-order valence-electron chi connectivity index (χ3n) is 4.21. The summed E-state index contributed by atoms with van der Waals surface area (Å²) in [6, 6.07) is 15.1. The maximum absolute atomic E-state index is 12.1. The van der Waals surface area contributed by atoms with Gasteiger partial charge in [0.1, 0.15) is 0 Å². The molecule has 0 unspecified atom stereocenters. The van der Waals surface area contributed by atoms with Crippen LogP contribution in [0.3, 0.4) is 0 Å². The number of carboxylic acids is 1. The molecule has 0 saturated heterocycles. The highest BCUT2D eigenvalue weighted by Crippen LogP contribution is 2.39. The fourth-order valence-corrected chi connectivity index (χ4v) is 3.31.